The Balaban J connectivity index is 2.01. The lowest BCUT2D eigenvalue weighted by molar-refractivity contribution is 0.0770. The van der Waals surface area contributed by atoms with Crippen molar-refractivity contribution >= 4 is 27.3 Å². The first-order valence-corrected chi connectivity index (χ1v) is 9.49. The number of benzene rings is 2. The van der Waals surface area contributed by atoms with Crippen LogP contribution in [0.4, 0.5) is 0 Å². The topological polar surface area (TPSA) is 63.7 Å². The molecule has 0 unspecified atom stereocenters. The molecule has 0 aliphatic carbocycles. The van der Waals surface area contributed by atoms with Gasteiger partial charge < -0.3 is 9.64 Å². The quantitative estimate of drug-likeness (QED) is 0.787. The zero-order valence-electron chi connectivity index (χ0n) is 13.4. The number of hydrogen-bond acceptors (Lipinski definition) is 4. The molecule has 1 amide bonds. The van der Waals surface area contributed by atoms with Crippen LogP contribution in [0.15, 0.2) is 53.4 Å². The van der Waals surface area contributed by atoms with E-state index in [1.165, 1.54) is 17.0 Å². The van der Waals surface area contributed by atoms with Crippen molar-refractivity contribution in [2.75, 3.05) is 26.5 Å². The fourth-order valence-corrected chi connectivity index (χ4v) is 3.11. The number of hydrogen-bond donors (Lipinski definition) is 0. The van der Waals surface area contributed by atoms with Crippen molar-refractivity contribution in [3.05, 3.63) is 59.1 Å². The summed E-state index contributed by atoms with van der Waals surface area (Å²) in [6.07, 6.45) is 1.09. The van der Waals surface area contributed by atoms with Crippen LogP contribution in [-0.4, -0.2) is 45.7 Å². The van der Waals surface area contributed by atoms with Gasteiger partial charge in [0.1, 0.15) is 12.4 Å². The summed E-state index contributed by atoms with van der Waals surface area (Å²) >= 11 is 5.80. The van der Waals surface area contributed by atoms with Gasteiger partial charge in [-0.05, 0) is 36.4 Å². The predicted octanol–water partition coefficient (Wildman–Crippen LogP) is 2.89. The van der Waals surface area contributed by atoms with Crippen LogP contribution in [0.2, 0.25) is 5.02 Å². The number of halogens is 1. The van der Waals surface area contributed by atoms with Gasteiger partial charge in [0.2, 0.25) is 0 Å². The number of rotatable bonds is 6. The predicted molar refractivity (Wildman–Crippen MR) is 93.5 cm³/mol. The first-order chi connectivity index (χ1) is 11.3. The second kappa shape index (κ2) is 7.68. The highest BCUT2D eigenvalue weighted by molar-refractivity contribution is 7.90. The van der Waals surface area contributed by atoms with Crippen molar-refractivity contribution < 1.29 is 17.9 Å². The number of ether oxygens (including phenoxy) is 1. The normalized spacial score (nSPS) is 11.1. The maximum atomic E-state index is 12.5. The third-order valence-corrected chi connectivity index (χ3v) is 4.78. The van der Waals surface area contributed by atoms with Crippen LogP contribution in [0.1, 0.15) is 10.4 Å². The molecule has 0 spiro atoms. The van der Waals surface area contributed by atoms with E-state index in [1.54, 1.807) is 43.4 Å². The first kappa shape index (κ1) is 18.3. The highest BCUT2D eigenvalue weighted by Gasteiger charge is 2.20. The summed E-state index contributed by atoms with van der Waals surface area (Å²) in [6, 6.07) is 13.1. The number of sulfone groups is 1. The second-order valence-electron chi connectivity index (χ2n) is 5.30. The van der Waals surface area contributed by atoms with Gasteiger partial charge in [-0.1, -0.05) is 23.7 Å². The minimum atomic E-state index is -3.47. The van der Waals surface area contributed by atoms with E-state index in [9.17, 15) is 13.2 Å². The fraction of sp³-hybridized carbons (Fsp3) is 0.235. The number of nitrogens with zero attached hydrogens (tertiary/aromatic N) is 1. The van der Waals surface area contributed by atoms with E-state index in [2.05, 4.69) is 0 Å². The fourth-order valence-electron chi connectivity index (χ4n) is 2.11. The third-order valence-electron chi connectivity index (χ3n) is 3.37. The average molecular weight is 368 g/mol. The minimum Gasteiger partial charge on any atom is -0.492 e. The van der Waals surface area contributed by atoms with Gasteiger partial charge >= 0.3 is 0 Å². The Morgan fingerprint density at radius 2 is 1.75 bits per heavy atom. The van der Waals surface area contributed by atoms with Crippen LogP contribution in [0, 0.1) is 0 Å². The molecule has 7 heteroatoms. The van der Waals surface area contributed by atoms with Crippen molar-refractivity contribution in [3.63, 3.8) is 0 Å². The van der Waals surface area contributed by atoms with E-state index < -0.39 is 9.84 Å². The summed E-state index contributed by atoms with van der Waals surface area (Å²) in [4.78, 5) is 13.9. The Kier molecular flexibility index (Phi) is 5.85. The summed E-state index contributed by atoms with van der Waals surface area (Å²) in [5.41, 5.74) is 0.161. The van der Waals surface area contributed by atoms with E-state index in [4.69, 9.17) is 16.3 Å². The van der Waals surface area contributed by atoms with Crippen molar-refractivity contribution in [2.24, 2.45) is 0 Å². The van der Waals surface area contributed by atoms with Gasteiger partial charge in [0.05, 0.1) is 17.0 Å². The van der Waals surface area contributed by atoms with Crippen LogP contribution in [0.3, 0.4) is 0 Å². The number of carbonyl (C=O) groups excluding carboxylic acids is 1. The van der Waals surface area contributed by atoms with E-state index in [-0.39, 0.29) is 23.0 Å². The lowest BCUT2D eigenvalue weighted by Crippen LogP contribution is -2.31. The molecule has 128 valence electrons. The monoisotopic (exact) mass is 367 g/mol. The van der Waals surface area contributed by atoms with E-state index in [0.29, 0.717) is 17.3 Å². The van der Waals surface area contributed by atoms with Crippen LogP contribution >= 0.6 is 11.6 Å². The summed E-state index contributed by atoms with van der Waals surface area (Å²) in [5.74, 6) is 0.285. The average Bonchev–Trinajstić information content (AvgIpc) is 2.55. The molecule has 2 rings (SSSR count). The molecule has 24 heavy (non-hydrogen) atoms. The van der Waals surface area contributed by atoms with Crippen molar-refractivity contribution in [3.8, 4) is 5.75 Å². The smallest absolute Gasteiger partial charge is 0.255 e. The molecule has 0 saturated heterocycles. The largest absolute Gasteiger partial charge is 0.492 e. The molecule has 0 radical (unpaired) electrons. The summed E-state index contributed by atoms with van der Waals surface area (Å²) in [6.45, 7) is 0.602. The van der Waals surface area contributed by atoms with Crippen molar-refractivity contribution in [1.29, 1.82) is 0 Å². The van der Waals surface area contributed by atoms with E-state index in [0.717, 1.165) is 6.26 Å². The summed E-state index contributed by atoms with van der Waals surface area (Å²) < 4.78 is 29.1. The standard InChI is InChI=1S/C17H18ClNO4S/c1-19(11-12-23-14-9-7-13(18)8-10-14)17(20)15-5-3-4-6-16(15)24(2,21)22/h3-10H,11-12H2,1-2H3. The van der Waals surface area contributed by atoms with E-state index >= 15 is 0 Å². The first-order valence-electron chi connectivity index (χ1n) is 7.22. The summed E-state index contributed by atoms with van der Waals surface area (Å²) in [5, 5.41) is 0.618. The highest BCUT2D eigenvalue weighted by Crippen LogP contribution is 2.18. The lowest BCUT2D eigenvalue weighted by atomic mass is 10.2. The van der Waals surface area contributed by atoms with Gasteiger partial charge in [0.25, 0.3) is 5.91 Å². The molecule has 0 bridgehead atoms. The third kappa shape index (κ3) is 4.72. The molecule has 0 N–H and O–H groups in total. The molecule has 5 nitrogen and oxygen atoms in total. The number of amides is 1. The van der Waals surface area contributed by atoms with E-state index in [1.807, 2.05) is 0 Å². The Bertz CT molecular complexity index is 819. The second-order valence-corrected chi connectivity index (χ2v) is 7.72. The molecule has 2 aromatic rings. The Hall–Kier alpha value is -2.05. The van der Waals surface area contributed by atoms with Gasteiger partial charge in [-0.15, -0.1) is 0 Å². The number of carbonyl (C=O) groups is 1. The van der Waals surface area contributed by atoms with Gasteiger partial charge in [0, 0.05) is 18.3 Å². The lowest BCUT2D eigenvalue weighted by Gasteiger charge is -2.19. The molecular formula is C17H18ClNO4S. The minimum absolute atomic E-state index is 0.0282. The Labute approximate surface area is 146 Å². The Morgan fingerprint density at radius 3 is 2.38 bits per heavy atom. The zero-order chi connectivity index (χ0) is 17.7. The molecule has 2 aromatic carbocycles. The van der Waals surface area contributed by atoms with Gasteiger partial charge in [0.15, 0.2) is 9.84 Å². The summed E-state index contributed by atoms with van der Waals surface area (Å²) in [7, 11) is -1.87. The molecule has 0 atom stereocenters. The van der Waals surface area contributed by atoms with Crippen molar-refractivity contribution in [2.45, 2.75) is 4.90 Å². The van der Waals surface area contributed by atoms with Gasteiger partial charge in [-0.2, -0.15) is 0 Å². The molecule has 0 heterocycles. The molecular weight excluding hydrogens is 350 g/mol. The number of likely N-dealkylation sites (N-methyl/N-ethyl adjacent to an activating group) is 1. The zero-order valence-corrected chi connectivity index (χ0v) is 15.0. The van der Waals surface area contributed by atoms with Crippen LogP contribution in [0.25, 0.3) is 0 Å². The molecule has 0 aliphatic rings. The van der Waals surface area contributed by atoms with Crippen LogP contribution in [-0.2, 0) is 9.84 Å². The molecule has 0 aromatic heterocycles. The molecule has 0 fully saturated rings. The maximum Gasteiger partial charge on any atom is 0.255 e. The van der Waals surface area contributed by atoms with Crippen LogP contribution in [0.5, 0.6) is 5.75 Å². The Morgan fingerprint density at radius 1 is 1.12 bits per heavy atom. The van der Waals surface area contributed by atoms with Crippen molar-refractivity contribution in [1.82, 2.24) is 4.90 Å². The maximum absolute atomic E-state index is 12.5. The van der Waals surface area contributed by atoms with Gasteiger partial charge in [-0.25, -0.2) is 8.42 Å². The highest BCUT2D eigenvalue weighted by atomic mass is 35.5. The SMILES string of the molecule is CN(CCOc1ccc(Cl)cc1)C(=O)c1ccccc1S(C)(=O)=O. The van der Waals surface area contributed by atoms with Gasteiger partial charge in [-0.3, -0.25) is 4.79 Å². The molecule has 0 aliphatic heterocycles. The van der Waals surface area contributed by atoms with Crippen LogP contribution < -0.4 is 4.74 Å². The molecule has 0 saturated carbocycles.